The van der Waals surface area contributed by atoms with Gasteiger partial charge in [0.15, 0.2) is 0 Å². The lowest BCUT2D eigenvalue weighted by Gasteiger charge is -2.28. The molecule has 164 valence electrons. The number of hydrogen-bond acceptors (Lipinski definition) is 7. The second-order valence-corrected chi connectivity index (χ2v) is 8.98. The summed E-state index contributed by atoms with van der Waals surface area (Å²) in [5.74, 6) is 1.56. The van der Waals surface area contributed by atoms with Crippen molar-refractivity contribution in [1.29, 1.82) is 0 Å². The van der Waals surface area contributed by atoms with E-state index < -0.39 is 0 Å². The minimum Gasteiger partial charge on any atom is -0.474 e. The molecule has 2 heterocycles. The van der Waals surface area contributed by atoms with Crippen molar-refractivity contribution in [3.05, 3.63) is 18.0 Å². The second kappa shape index (κ2) is 9.43. The van der Waals surface area contributed by atoms with Gasteiger partial charge >= 0.3 is 0 Å². The smallest absolute Gasteiger partial charge is 0.224 e. The summed E-state index contributed by atoms with van der Waals surface area (Å²) in [4.78, 5) is 14.1. The average Bonchev–Trinajstić information content (AvgIpc) is 2.76. The molecule has 2 fully saturated rings. The van der Waals surface area contributed by atoms with E-state index in [-0.39, 0.29) is 18.3 Å². The normalized spacial score (nSPS) is 28.3. The van der Waals surface area contributed by atoms with E-state index in [2.05, 4.69) is 29.1 Å². The molecule has 0 aromatic carbocycles. The molecule has 0 amide bonds. The maximum atomic E-state index is 9.91. The van der Waals surface area contributed by atoms with Gasteiger partial charge in [0.2, 0.25) is 11.8 Å². The van der Waals surface area contributed by atoms with Crippen molar-refractivity contribution >= 4 is 16.9 Å². The number of pyridine rings is 1. The van der Waals surface area contributed by atoms with Gasteiger partial charge in [0.05, 0.1) is 23.1 Å². The van der Waals surface area contributed by atoms with Crippen molar-refractivity contribution in [3.63, 3.8) is 0 Å². The van der Waals surface area contributed by atoms with E-state index in [4.69, 9.17) is 9.72 Å². The number of nitrogens with zero attached hydrogens (tertiary/aromatic N) is 3. The third kappa shape index (κ3) is 4.83. The summed E-state index contributed by atoms with van der Waals surface area (Å²) in [6, 6.07) is 0.293. The molecule has 0 bridgehead atoms. The molecule has 1 atom stereocenters. The van der Waals surface area contributed by atoms with Crippen molar-refractivity contribution in [2.45, 2.75) is 102 Å². The summed E-state index contributed by atoms with van der Waals surface area (Å²) >= 11 is 0. The topological polar surface area (TPSA) is 100 Å². The number of ether oxygens (including phenoxy) is 1. The first kappa shape index (κ1) is 21.2. The summed E-state index contributed by atoms with van der Waals surface area (Å²) in [6.45, 7) is 4.25. The van der Waals surface area contributed by atoms with E-state index in [1.807, 2.05) is 12.4 Å². The number of aliphatic hydroxyl groups excluding tert-OH is 2. The van der Waals surface area contributed by atoms with Gasteiger partial charge in [-0.3, -0.25) is 0 Å². The molecular formula is C23H34N4O3. The summed E-state index contributed by atoms with van der Waals surface area (Å²) in [7, 11) is 0. The molecule has 0 unspecified atom stereocenters. The Morgan fingerprint density at radius 1 is 1.00 bits per heavy atom. The van der Waals surface area contributed by atoms with Gasteiger partial charge in [0, 0.05) is 24.0 Å². The monoisotopic (exact) mass is 414 g/mol. The Bertz CT molecular complexity index is 846. The lowest BCUT2D eigenvalue weighted by molar-refractivity contribution is 0.0651. The van der Waals surface area contributed by atoms with E-state index in [0.717, 1.165) is 74.3 Å². The Balaban J connectivity index is 1.66. The van der Waals surface area contributed by atoms with Crippen LogP contribution in [0.15, 0.2) is 12.4 Å². The molecule has 0 radical (unpaired) electrons. The van der Waals surface area contributed by atoms with Gasteiger partial charge < -0.3 is 20.3 Å². The standard InChI is InChI=1S/C23H34N4O3/c1-3-14(2)26-23-25-13-20-21(27-23)19(15-4-6-16(28)7-5-15)12-24-22(20)30-18-10-8-17(29)9-11-18/h12-18,28-29H,3-11H2,1-2H3,(H,25,26,27)/t14-,15?,16?,17?,18?/m0/s1. The molecule has 0 aliphatic heterocycles. The Morgan fingerprint density at radius 3 is 2.33 bits per heavy atom. The predicted octanol–water partition coefficient (Wildman–Crippen LogP) is 3.94. The number of hydrogen-bond donors (Lipinski definition) is 3. The minimum atomic E-state index is -0.212. The Hall–Kier alpha value is -1.99. The third-order valence-electron chi connectivity index (χ3n) is 6.66. The van der Waals surface area contributed by atoms with Crippen molar-refractivity contribution in [2.75, 3.05) is 5.32 Å². The second-order valence-electron chi connectivity index (χ2n) is 8.98. The average molecular weight is 415 g/mol. The van der Waals surface area contributed by atoms with Crippen LogP contribution in [0.25, 0.3) is 10.9 Å². The van der Waals surface area contributed by atoms with Crippen molar-refractivity contribution in [3.8, 4) is 5.88 Å². The molecule has 0 saturated heterocycles. The van der Waals surface area contributed by atoms with Gasteiger partial charge in [-0.1, -0.05) is 6.92 Å². The van der Waals surface area contributed by atoms with E-state index in [1.165, 1.54) is 0 Å². The summed E-state index contributed by atoms with van der Waals surface area (Å²) in [5.41, 5.74) is 2.02. The first-order chi connectivity index (χ1) is 14.5. The molecule has 2 aromatic heterocycles. The van der Waals surface area contributed by atoms with Gasteiger partial charge in [0.25, 0.3) is 0 Å². The van der Waals surface area contributed by atoms with Crippen LogP contribution >= 0.6 is 0 Å². The molecule has 0 spiro atoms. The van der Waals surface area contributed by atoms with Crippen LogP contribution in [0.3, 0.4) is 0 Å². The highest BCUT2D eigenvalue weighted by atomic mass is 16.5. The Morgan fingerprint density at radius 2 is 1.67 bits per heavy atom. The van der Waals surface area contributed by atoms with Gasteiger partial charge in [0.1, 0.15) is 6.10 Å². The van der Waals surface area contributed by atoms with Gasteiger partial charge in [-0.25, -0.2) is 15.0 Å². The lowest BCUT2D eigenvalue weighted by atomic mass is 9.83. The molecule has 2 aromatic rings. The van der Waals surface area contributed by atoms with Crippen molar-refractivity contribution in [2.24, 2.45) is 0 Å². The number of rotatable bonds is 6. The fourth-order valence-electron chi connectivity index (χ4n) is 4.51. The van der Waals surface area contributed by atoms with Gasteiger partial charge in [-0.05, 0) is 70.6 Å². The maximum absolute atomic E-state index is 9.91. The van der Waals surface area contributed by atoms with E-state index >= 15 is 0 Å². The SMILES string of the molecule is CC[C@H](C)Nc1ncc2c(OC3CCC(O)CC3)ncc(C3CCC(O)CC3)c2n1. The zero-order valence-electron chi connectivity index (χ0n) is 18.0. The molecular weight excluding hydrogens is 380 g/mol. The molecule has 2 aliphatic rings. The highest BCUT2D eigenvalue weighted by Gasteiger charge is 2.26. The summed E-state index contributed by atoms with van der Waals surface area (Å²) < 4.78 is 6.26. The molecule has 4 rings (SSSR count). The first-order valence-electron chi connectivity index (χ1n) is 11.5. The highest BCUT2D eigenvalue weighted by Crippen LogP contribution is 2.38. The van der Waals surface area contributed by atoms with Crippen LogP contribution in [0.1, 0.15) is 83.1 Å². The summed E-state index contributed by atoms with van der Waals surface area (Å²) in [6.07, 6.45) is 11.1. The maximum Gasteiger partial charge on any atom is 0.224 e. The number of fused-ring (bicyclic) bond motifs is 1. The van der Waals surface area contributed by atoms with Crippen LogP contribution < -0.4 is 10.1 Å². The number of aliphatic hydroxyl groups is 2. The fraction of sp³-hybridized carbons (Fsp3) is 0.696. The molecule has 30 heavy (non-hydrogen) atoms. The van der Waals surface area contributed by atoms with E-state index in [9.17, 15) is 10.2 Å². The fourth-order valence-corrected chi connectivity index (χ4v) is 4.51. The number of aromatic nitrogens is 3. The quantitative estimate of drug-likeness (QED) is 0.658. The largest absolute Gasteiger partial charge is 0.474 e. The molecule has 7 heteroatoms. The predicted molar refractivity (Wildman–Crippen MR) is 117 cm³/mol. The molecule has 2 saturated carbocycles. The minimum absolute atomic E-state index is 0.0673. The van der Waals surface area contributed by atoms with Crippen LogP contribution in [0.4, 0.5) is 5.95 Å². The molecule has 2 aliphatic carbocycles. The summed E-state index contributed by atoms with van der Waals surface area (Å²) in [5, 5.41) is 23.9. The van der Waals surface area contributed by atoms with Crippen LogP contribution in [-0.2, 0) is 0 Å². The Labute approximate surface area is 178 Å². The van der Waals surface area contributed by atoms with Gasteiger partial charge in [-0.2, -0.15) is 0 Å². The van der Waals surface area contributed by atoms with Gasteiger partial charge in [-0.15, -0.1) is 0 Å². The number of anilines is 1. The lowest BCUT2D eigenvalue weighted by Crippen LogP contribution is -2.27. The van der Waals surface area contributed by atoms with Crippen LogP contribution in [-0.4, -0.2) is 49.5 Å². The molecule has 3 N–H and O–H groups in total. The van der Waals surface area contributed by atoms with Crippen LogP contribution in [0, 0.1) is 0 Å². The zero-order chi connectivity index (χ0) is 21.1. The highest BCUT2D eigenvalue weighted by molar-refractivity contribution is 5.86. The van der Waals surface area contributed by atoms with Crippen molar-refractivity contribution < 1.29 is 14.9 Å². The third-order valence-corrected chi connectivity index (χ3v) is 6.66. The van der Waals surface area contributed by atoms with E-state index in [1.54, 1.807) is 0 Å². The zero-order valence-corrected chi connectivity index (χ0v) is 18.0. The van der Waals surface area contributed by atoms with Crippen molar-refractivity contribution in [1.82, 2.24) is 15.0 Å². The van der Waals surface area contributed by atoms with E-state index in [0.29, 0.717) is 23.8 Å². The number of nitrogens with one attached hydrogen (secondary N) is 1. The Kier molecular flexibility index (Phi) is 6.68. The van der Waals surface area contributed by atoms with Crippen LogP contribution in [0.5, 0.6) is 5.88 Å². The molecule has 7 nitrogen and oxygen atoms in total. The van der Waals surface area contributed by atoms with Crippen LogP contribution in [0.2, 0.25) is 0 Å². The first-order valence-corrected chi connectivity index (χ1v) is 11.5.